The van der Waals surface area contributed by atoms with Gasteiger partial charge in [0.1, 0.15) is 5.75 Å². The van der Waals surface area contributed by atoms with E-state index in [0.29, 0.717) is 17.6 Å². The van der Waals surface area contributed by atoms with Crippen molar-refractivity contribution in [3.05, 3.63) is 29.5 Å². The van der Waals surface area contributed by atoms with Crippen molar-refractivity contribution in [3.8, 4) is 5.75 Å². The third kappa shape index (κ3) is 1.85. The molecule has 0 spiro atoms. The minimum Gasteiger partial charge on any atom is -0.508 e. The van der Waals surface area contributed by atoms with Gasteiger partial charge in [-0.3, -0.25) is 4.79 Å². The summed E-state index contributed by atoms with van der Waals surface area (Å²) >= 11 is 0. The van der Waals surface area contributed by atoms with Crippen molar-refractivity contribution >= 4 is 16.8 Å². The number of benzene rings is 1. The molecular weight excluding hydrogens is 280 g/mol. The van der Waals surface area contributed by atoms with Crippen LogP contribution in [0.3, 0.4) is 0 Å². The molecule has 0 unspecified atom stereocenters. The van der Waals surface area contributed by atoms with Gasteiger partial charge in [0.2, 0.25) is 0 Å². The number of carbonyl (C=O) groups is 1. The number of aromatic hydroxyl groups is 1. The van der Waals surface area contributed by atoms with Crippen LogP contribution in [-0.4, -0.2) is 34.3 Å². The Balaban J connectivity index is 1.66. The predicted molar refractivity (Wildman–Crippen MR) is 83.0 cm³/mol. The van der Waals surface area contributed by atoms with Crippen LogP contribution in [0, 0.1) is 12.8 Å². The maximum atomic E-state index is 12.7. The van der Waals surface area contributed by atoms with Crippen LogP contribution < -0.4 is 5.32 Å². The van der Waals surface area contributed by atoms with E-state index in [2.05, 4.69) is 5.32 Å². The topological polar surface area (TPSA) is 63.5 Å². The van der Waals surface area contributed by atoms with Crippen LogP contribution in [0.4, 0.5) is 0 Å². The van der Waals surface area contributed by atoms with Crippen molar-refractivity contribution in [3.63, 3.8) is 0 Å². The first-order chi connectivity index (χ1) is 10.6. The molecule has 5 nitrogen and oxygen atoms in total. The molecular formula is C17H20N2O3. The van der Waals surface area contributed by atoms with E-state index in [0.717, 1.165) is 36.0 Å². The molecule has 116 valence electrons. The van der Waals surface area contributed by atoms with Gasteiger partial charge in [-0.15, -0.1) is 0 Å². The Morgan fingerprint density at radius 1 is 1.45 bits per heavy atom. The minimum absolute atomic E-state index is 0.0518. The number of phenolic OH excluding ortho intramolecular Hbond substituents is 1. The molecule has 2 aliphatic rings. The van der Waals surface area contributed by atoms with E-state index >= 15 is 0 Å². The summed E-state index contributed by atoms with van der Waals surface area (Å²) in [6.45, 7) is 2.75. The van der Waals surface area contributed by atoms with Crippen LogP contribution in [0.5, 0.6) is 5.75 Å². The van der Waals surface area contributed by atoms with Crippen LogP contribution >= 0.6 is 0 Å². The smallest absolute Gasteiger partial charge is 0.253 e. The van der Waals surface area contributed by atoms with Crippen LogP contribution in [0.25, 0.3) is 10.9 Å². The Labute approximate surface area is 128 Å². The summed E-state index contributed by atoms with van der Waals surface area (Å²) in [5, 5.41) is 13.7. The van der Waals surface area contributed by atoms with Gasteiger partial charge in [-0.2, -0.15) is 0 Å². The Kier molecular flexibility index (Phi) is 2.94. The number of amides is 1. The number of nitrogens with one attached hydrogen (secondary N) is 1. The fourth-order valence-corrected chi connectivity index (χ4v) is 3.85. The molecule has 1 aliphatic heterocycles. The number of carbonyl (C=O) groups excluding carboxylic acids is 1. The first-order valence-electron chi connectivity index (χ1n) is 7.76. The Bertz CT molecular complexity index is 765. The fourth-order valence-electron chi connectivity index (χ4n) is 3.85. The summed E-state index contributed by atoms with van der Waals surface area (Å²) in [6, 6.07) is 5.38. The lowest BCUT2D eigenvalue weighted by atomic mass is 9.76. The van der Waals surface area contributed by atoms with E-state index in [1.807, 2.05) is 24.6 Å². The molecule has 1 saturated carbocycles. The SMILES string of the molecule is Cc1c(C(=O)N[C@H]2C[C@@H]3OCC[C@H]23)c2cc(O)ccc2n1C. The molecule has 1 aliphatic carbocycles. The summed E-state index contributed by atoms with van der Waals surface area (Å²) in [4.78, 5) is 12.7. The van der Waals surface area contributed by atoms with Gasteiger partial charge in [0.05, 0.1) is 11.7 Å². The molecule has 3 atom stereocenters. The van der Waals surface area contributed by atoms with Crippen LogP contribution in [0.1, 0.15) is 28.9 Å². The average Bonchev–Trinajstić information content (AvgIpc) is 2.96. The molecule has 1 amide bonds. The van der Waals surface area contributed by atoms with Crippen molar-refractivity contribution in [2.45, 2.75) is 31.9 Å². The van der Waals surface area contributed by atoms with E-state index in [9.17, 15) is 9.90 Å². The van der Waals surface area contributed by atoms with Gasteiger partial charge in [-0.05, 0) is 38.0 Å². The molecule has 1 aromatic heterocycles. The average molecular weight is 300 g/mol. The van der Waals surface area contributed by atoms with Crippen LogP contribution in [0.15, 0.2) is 18.2 Å². The van der Waals surface area contributed by atoms with Crippen molar-refractivity contribution in [1.82, 2.24) is 9.88 Å². The highest BCUT2D eigenvalue weighted by atomic mass is 16.5. The van der Waals surface area contributed by atoms with Crippen molar-refractivity contribution in [1.29, 1.82) is 0 Å². The van der Waals surface area contributed by atoms with Gasteiger partial charge >= 0.3 is 0 Å². The van der Waals surface area contributed by atoms with Crippen LogP contribution in [0.2, 0.25) is 0 Å². The van der Waals surface area contributed by atoms with E-state index in [-0.39, 0.29) is 17.7 Å². The van der Waals surface area contributed by atoms with Crippen molar-refractivity contribution < 1.29 is 14.6 Å². The van der Waals surface area contributed by atoms with E-state index in [4.69, 9.17) is 4.74 Å². The second-order valence-electron chi connectivity index (χ2n) is 6.40. The van der Waals surface area contributed by atoms with Gasteiger partial charge in [0.15, 0.2) is 0 Å². The molecule has 2 aromatic rings. The number of nitrogens with zero attached hydrogens (tertiary/aromatic N) is 1. The number of hydrogen-bond acceptors (Lipinski definition) is 3. The zero-order chi connectivity index (χ0) is 15.4. The predicted octanol–water partition coefficient (Wildman–Crippen LogP) is 2.10. The fraction of sp³-hybridized carbons (Fsp3) is 0.471. The normalized spacial score (nSPS) is 26.7. The number of aryl methyl sites for hydroxylation is 1. The summed E-state index contributed by atoms with van der Waals surface area (Å²) in [7, 11) is 1.94. The summed E-state index contributed by atoms with van der Waals surface area (Å²) in [5.41, 5.74) is 2.53. The number of ether oxygens (including phenoxy) is 1. The van der Waals surface area contributed by atoms with Gasteiger partial charge < -0.3 is 19.7 Å². The number of fused-ring (bicyclic) bond motifs is 2. The maximum absolute atomic E-state index is 12.7. The third-order valence-electron chi connectivity index (χ3n) is 5.28. The highest BCUT2D eigenvalue weighted by Crippen LogP contribution is 2.39. The molecule has 2 heterocycles. The van der Waals surface area contributed by atoms with Gasteiger partial charge in [-0.25, -0.2) is 0 Å². The number of hydrogen-bond donors (Lipinski definition) is 2. The highest BCUT2D eigenvalue weighted by Gasteiger charge is 2.46. The van der Waals surface area contributed by atoms with Gasteiger partial charge in [0.25, 0.3) is 5.91 Å². The van der Waals surface area contributed by atoms with E-state index < -0.39 is 0 Å². The van der Waals surface area contributed by atoms with E-state index in [1.54, 1.807) is 12.1 Å². The van der Waals surface area contributed by atoms with E-state index in [1.165, 1.54) is 0 Å². The first-order valence-corrected chi connectivity index (χ1v) is 7.76. The van der Waals surface area contributed by atoms with Crippen molar-refractivity contribution in [2.75, 3.05) is 6.61 Å². The second-order valence-corrected chi connectivity index (χ2v) is 6.40. The second kappa shape index (κ2) is 4.74. The summed E-state index contributed by atoms with van der Waals surface area (Å²) < 4.78 is 7.59. The monoisotopic (exact) mass is 300 g/mol. The molecule has 0 radical (unpaired) electrons. The largest absolute Gasteiger partial charge is 0.508 e. The zero-order valence-electron chi connectivity index (χ0n) is 12.8. The number of phenols is 1. The molecule has 1 saturated heterocycles. The molecule has 4 rings (SSSR count). The molecule has 22 heavy (non-hydrogen) atoms. The lowest BCUT2D eigenvalue weighted by Gasteiger charge is -2.39. The highest BCUT2D eigenvalue weighted by molar-refractivity contribution is 6.08. The zero-order valence-corrected chi connectivity index (χ0v) is 12.8. The van der Waals surface area contributed by atoms with Crippen molar-refractivity contribution in [2.24, 2.45) is 13.0 Å². The lowest BCUT2D eigenvalue weighted by molar-refractivity contribution is 0.00811. The Morgan fingerprint density at radius 2 is 2.27 bits per heavy atom. The molecule has 2 fully saturated rings. The lowest BCUT2D eigenvalue weighted by Crippen LogP contribution is -2.53. The van der Waals surface area contributed by atoms with Gasteiger partial charge in [0, 0.05) is 42.2 Å². The molecule has 0 bridgehead atoms. The van der Waals surface area contributed by atoms with Gasteiger partial charge in [-0.1, -0.05) is 0 Å². The molecule has 5 heteroatoms. The first kappa shape index (κ1) is 13.6. The summed E-state index contributed by atoms with van der Waals surface area (Å²) in [5.74, 6) is 0.594. The molecule has 1 aromatic carbocycles. The quantitative estimate of drug-likeness (QED) is 0.893. The Morgan fingerprint density at radius 3 is 3.05 bits per heavy atom. The maximum Gasteiger partial charge on any atom is 0.253 e. The Hall–Kier alpha value is -2.01. The third-order valence-corrected chi connectivity index (χ3v) is 5.28. The standard InChI is InChI=1S/C17H20N2O3/c1-9-16(12-7-10(20)3-4-14(12)19(9)2)17(21)18-13-8-15-11(13)5-6-22-15/h3-4,7,11,13,15,20H,5-6,8H2,1-2H3,(H,18,21)/t11-,13+,15+/m1/s1. The van der Waals surface area contributed by atoms with Crippen LogP contribution in [-0.2, 0) is 11.8 Å². The molecule has 2 N–H and O–H groups in total. The number of aromatic nitrogens is 1. The summed E-state index contributed by atoms with van der Waals surface area (Å²) in [6.07, 6.45) is 2.28. The minimum atomic E-state index is -0.0518. The number of rotatable bonds is 2.